The highest BCUT2D eigenvalue weighted by atomic mass is 16.5. The Morgan fingerprint density at radius 1 is 1.44 bits per heavy atom. The predicted molar refractivity (Wildman–Crippen MR) is 56.3 cm³/mol. The molecule has 0 aliphatic rings. The highest BCUT2D eigenvalue weighted by Crippen LogP contribution is 2.24. The van der Waals surface area contributed by atoms with E-state index in [2.05, 4.69) is 9.89 Å². The first-order valence-corrected chi connectivity index (χ1v) is 4.73. The predicted octanol–water partition coefficient (Wildman–Crippen LogP) is 1.55. The molecule has 2 rings (SSSR count). The van der Waals surface area contributed by atoms with Gasteiger partial charge in [-0.2, -0.15) is 0 Å². The Hall–Kier alpha value is -2.04. The molecular formula is C11H11NO4. The van der Waals surface area contributed by atoms with Gasteiger partial charge in [0.1, 0.15) is 11.4 Å². The Morgan fingerprint density at radius 3 is 2.94 bits per heavy atom. The van der Waals surface area contributed by atoms with Crippen LogP contribution in [0.15, 0.2) is 22.7 Å². The number of ether oxygens (including phenoxy) is 2. The van der Waals surface area contributed by atoms with Crippen molar-refractivity contribution in [2.75, 3.05) is 14.2 Å². The summed E-state index contributed by atoms with van der Waals surface area (Å²) in [5.41, 5.74) is 1.18. The SMILES string of the molecule is COC(=O)Cc1noc2ccc(OC)cc12. The zero-order valence-electron chi connectivity index (χ0n) is 9.02. The molecule has 16 heavy (non-hydrogen) atoms. The van der Waals surface area contributed by atoms with Crippen molar-refractivity contribution in [1.29, 1.82) is 0 Å². The summed E-state index contributed by atoms with van der Waals surface area (Å²) < 4.78 is 14.8. The van der Waals surface area contributed by atoms with Crippen molar-refractivity contribution in [1.82, 2.24) is 5.16 Å². The van der Waals surface area contributed by atoms with Crippen LogP contribution in [0, 0.1) is 0 Å². The van der Waals surface area contributed by atoms with Crippen molar-refractivity contribution in [3.63, 3.8) is 0 Å². The fourth-order valence-corrected chi connectivity index (χ4v) is 1.43. The van der Waals surface area contributed by atoms with E-state index in [1.54, 1.807) is 25.3 Å². The lowest BCUT2D eigenvalue weighted by Crippen LogP contribution is -2.04. The molecule has 1 aromatic heterocycles. The Morgan fingerprint density at radius 2 is 2.25 bits per heavy atom. The van der Waals surface area contributed by atoms with Gasteiger partial charge in [-0.15, -0.1) is 0 Å². The molecule has 1 aromatic carbocycles. The highest BCUT2D eigenvalue weighted by Gasteiger charge is 2.13. The molecule has 0 amide bonds. The van der Waals surface area contributed by atoms with E-state index in [4.69, 9.17) is 9.26 Å². The van der Waals surface area contributed by atoms with Gasteiger partial charge in [0.25, 0.3) is 0 Å². The van der Waals surface area contributed by atoms with Crippen LogP contribution in [0.3, 0.4) is 0 Å². The van der Waals surface area contributed by atoms with Crippen LogP contribution in [0.4, 0.5) is 0 Å². The largest absolute Gasteiger partial charge is 0.497 e. The van der Waals surface area contributed by atoms with Crippen LogP contribution in [0.5, 0.6) is 5.75 Å². The third-order valence-corrected chi connectivity index (χ3v) is 2.29. The Labute approximate surface area is 91.9 Å². The Bertz CT molecular complexity index is 518. The van der Waals surface area contributed by atoms with Crippen LogP contribution in [0.25, 0.3) is 11.0 Å². The van der Waals surface area contributed by atoms with Crippen LogP contribution in [-0.2, 0) is 16.0 Å². The lowest BCUT2D eigenvalue weighted by atomic mass is 10.1. The molecule has 0 aliphatic heterocycles. The summed E-state index contributed by atoms with van der Waals surface area (Å²) in [5, 5.41) is 4.60. The molecule has 0 N–H and O–H groups in total. The topological polar surface area (TPSA) is 61.6 Å². The van der Waals surface area contributed by atoms with E-state index in [9.17, 15) is 4.79 Å². The quantitative estimate of drug-likeness (QED) is 0.736. The van der Waals surface area contributed by atoms with Gasteiger partial charge < -0.3 is 14.0 Å². The lowest BCUT2D eigenvalue weighted by Gasteiger charge is -1.98. The normalized spacial score (nSPS) is 10.4. The van der Waals surface area contributed by atoms with Gasteiger partial charge in [-0.25, -0.2) is 0 Å². The number of fused-ring (bicyclic) bond motifs is 1. The molecule has 0 bridgehead atoms. The fourth-order valence-electron chi connectivity index (χ4n) is 1.43. The standard InChI is InChI=1S/C11H11NO4/c1-14-7-3-4-10-8(5-7)9(12-16-10)6-11(13)15-2/h3-5H,6H2,1-2H3. The number of carbonyl (C=O) groups is 1. The first-order chi connectivity index (χ1) is 7.74. The van der Waals surface area contributed by atoms with Crippen LogP contribution < -0.4 is 4.74 Å². The van der Waals surface area contributed by atoms with Gasteiger partial charge in [0.15, 0.2) is 5.58 Å². The Kier molecular flexibility index (Phi) is 2.76. The highest BCUT2D eigenvalue weighted by molar-refractivity contribution is 5.85. The summed E-state index contributed by atoms with van der Waals surface area (Å²) in [5.74, 6) is 0.347. The summed E-state index contributed by atoms with van der Waals surface area (Å²) in [7, 11) is 2.92. The average molecular weight is 221 g/mol. The van der Waals surface area contributed by atoms with Crippen LogP contribution in [0.2, 0.25) is 0 Å². The number of aromatic nitrogens is 1. The summed E-state index contributed by atoms with van der Waals surface area (Å²) in [4.78, 5) is 11.1. The van der Waals surface area contributed by atoms with E-state index >= 15 is 0 Å². The second kappa shape index (κ2) is 4.22. The van der Waals surface area contributed by atoms with Crippen LogP contribution in [0.1, 0.15) is 5.69 Å². The molecule has 84 valence electrons. The van der Waals surface area contributed by atoms with Gasteiger partial charge in [0, 0.05) is 5.39 Å². The zero-order chi connectivity index (χ0) is 11.5. The van der Waals surface area contributed by atoms with Gasteiger partial charge in [0.2, 0.25) is 0 Å². The first kappa shape index (κ1) is 10.5. The fraction of sp³-hybridized carbons (Fsp3) is 0.273. The summed E-state index contributed by atoms with van der Waals surface area (Å²) in [6.45, 7) is 0. The van der Waals surface area contributed by atoms with Gasteiger partial charge in [-0.05, 0) is 18.2 Å². The molecule has 2 aromatic rings. The second-order valence-electron chi connectivity index (χ2n) is 3.24. The van der Waals surface area contributed by atoms with Crippen molar-refractivity contribution in [2.45, 2.75) is 6.42 Å². The van der Waals surface area contributed by atoms with E-state index in [0.29, 0.717) is 17.0 Å². The van der Waals surface area contributed by atoms with E-state index in [1.165, 1.54) is 7.11 Å². The zero-order valence-corrected chi connectivity index (χ0v) is 9.02. The number of rotatable bonds is 3. The first-order valence-electron chi connectivity index (χ1n) is 4.73. The number of hydrogen-bond donors (Lipinski definition) is 0. The van der Waals surface area contributed by atoms with E-state index in [0.717, 1.165) is 5.39 Å². The summed E-state index contributed by atoms with van der Waals surface area (Å²) in [6.07, 6.45) is 0.0939. The molecule has 0 fully saturated rings. The van der Waals surface area contributed by atoms with E-state index in [-0.39, 0.29) is 12.4 Å². The summed E-state index contributed by atoms with van der Waals surface area (Å²) in [6, 6.07) is 5.31. The average Bonchev–Trinajstić information content (AvgIpc) is 2.71. The molecule has 1 heterocycles. The van der Waals surface area contributed by atoms with Gasteiger partial charge >= 0.3 is 5.97 Å². The van der Waals surface area contributed by atoms with Crippen molar-refractivity contribution in [3.8, 4) is 5.75 Å². The molecule has 0 aliphatic carbocycles. The lowest BCUT2D eigenvalue weighted by molar-refractivity contribution is -0.139. The molecule has 0 atom stereocenters. The van der Waals surface area contributed by atoms with Crippen molar-refractivity contribution < 1.29 is 18.8 Å². The van der Waals surface area contributed by atoms with Gasteiger partial charge in [-0.3, -0.25) is 4.79 Å². The van der Waals surface area contributed by atoms with E-state index in [1.807, 2.05) is 0 Å². The minimum absolute atomic E-state index is 0.0939. The van der Waals surface area contributed by atoms with Crippen molar-refractivity contribution >= 4 is 16.9 Å². The number of carbonyl (C=O) groups excluding carboxylic acids is 1. The number of esters is 1. The monoisotopic (exact) mass is 221 g/mol. The molecule has 0 radical (unpaired) electrons. The molecular weight excluding hydrogens is 210 g/mol. The van der Waals surface area contributed by atoms with Gasteiger partial charge in [0.05, 0.1) is 20.6 Å². The maximum atomic E-state index is 11.1. The minimum atomic E-state index is -0.349. The molecule has 0 saturated heterocycles. The molecule has 0 saturated carbocycles. The third-order valence-electron chi connectivity index (χ3n) is 2.29. The van der Waals surface area contributed by atoms with E-state index < -0.39 is 0 Å². The minimum Gasteiger partial charge on any atom is -0.497 e. The third kappa shape index (κ3) is 1.84. The van der Waals surface area contributed by atoms with Crippen molar-refractivity contribution in [2.24, 2.45) is 0 Å². The van der Waals surface area contributed by atoms with Crippen LogP contribution in [-0.4, -0.2) is 25.3 Å². The van der Waals surface area contributed by atoms with Crippen molar-refractivity contribution in [3.05, 3.63) is 23.9 Å². The number of methoxy groups -OCH3 is 2. The molecule has 5 heteroatoms. The van der Waals surface area contributed by atoms with Crippen LogP contribution >= 0.6 is 0 Å². The maximum absolute atomic E-state index is 11.1. The maximum Gasteiger partial charge on any atom is 0.311 e. The number of hydrogen-bond acceptors (Lipinski definition) is 5. The van der Waals surface area contributed by atoms with Gasteiger partial charge in [-0.1, -0.05) is 5.16 Å². The second-order valence-corrected chi connectivity index (χ2v) is 3.24. The number of nitrogens with zero attached hydrogens (tertiary/aromatic N) is 1. The smallest absolute Gasteiger partial charge is 0.311 e. The number of benzene rings is 1. The summed E-state index contributed by atoms with van der Waals surface area (Å²) >= 11 is 0. The Balaban J connectivity index is 2.41. The molecule has 0 spiro atoms. The molecule has 5 nitrogen and oxygen atoms in total. The molecule has 0 unspecified atom stereocenters.